The number of hydrogen-bond donors (Lipinski definition) is 0. The van der Waals surface area contributed by atoms with Crippen molar-refractivity contribution in [3.63, 3.8) is 0 Å². The first-order chi connectivity index (χ1) is 9.56. The van der Waals surface area contributed by atoms with E-state index in [2.05, 4.69) is 4.98 Å². The monoisotopic (exact) mass is 288 g/mol. The molecule has 0 saturated carbocycles. The number of alkyl halides is 1. The van der Waals surface area contributed by atoms with Crippen LogP contribution in [-0.2, 0) is 0 Å². The lowest BCUT2D eigenvalue weighted by molar-refractivity contribution is 0.628. The van der Waals surface area contributed by atoms with E-state index in [0.29, 0.717) is 0 Å². The molecule has 0 amide bonds. The highest BCUT2D eigenvalue weighted by Crippen LogP contribution is 2.32. The Labute approximate surface area is 121 Å². The Morgan fingerprint density at radius 1 is 1.15 bits per heavy atom. The van der Waals surface area contributed by atoms with Gasteiger partial charge in [0.2, 0.25) is 0 Å². The Morgan fingerprint density at radius 2 is 1.85 bits per heavy atom. The highest BCUT2D eigenvalue weighted by atomic mass is 35.5. The standard InChI is InChI=1S/C16H14ClFN2/c1-10-3-8-14-19-15(12-4-6-13(18)7-5-12)16(11(2)17)20(14)9-10/h3-9,11H,1-2H3. The normalized spacial score (nSPS) is 12.8. The zero-order valence-electron chi connectivity index (χ0n) is 11.3. The third-order valence-electron chi connectivity index (χ3n) is 3.30. The number of aryl methyl sites for hydroxylation is 1. The number of aromatic nitrogens is 2. The molecular weight excluding hydrogens is 275 g/mol. The first kappa shape index (κ1) is 13.1. The van der Waals surface area contributed by atoms with Crippen LogP contribution in [0.4, 0.5) is 4.39 Å². The summed E-state index contributed by atoms with van der Waals surface area (Å²) < 4.78 is 15.1. The van der Waals surface area contributed by atoms with Gasteiger partial charge in [0, 0.05) is 11.8 Å². The second-order valence-electron chi connectivity index (χ2n) is 4.90. The van der Waals surface area contributed by atoms with Crippen molar-refractivity contribution >= 4 is 17.2 Å². The fourth-order valence-corrected chi connectivity index (χ4v) is 2.58. The zero-order chi connectivity index (χ0) is 14.3. The highest BCUT2D eigenvalue weighted by Gasteiger charge is 2.17. The number of nitrogens with zero attached hydrogens (tertiary/aromatic N) is 2. The quantitative estimate of drug-likeness (QED) is 0.622. The van der Waals surface area contributed by atoms with E-state index in [1.165, 1.54) is 12.1 Å². The molecule has 1 atom stereocenters. The summed E-state index contributed by atoms with van der Waals surface area (Å²) in [7, 11) is 0. The van der Waals surface area contributed by atoms with E-state index >= 15 is 0 Å². The Kier molecular flexibility index (Phi) is 3.22. The Hall–Kier alpha value is -1.87. The molecular formula is C16H14ClFN2. The molecule has 3 aromatic rings. The maximum atomic E-state index is 13.1. The zero-order valence-corrected chi connectivity index (χ0v) is 12.0. The molecule has 0 spiro atoms. The number of benzene rings is 1. The number of imidazole rings is 1. The molecule has 0 aliphatic carbocycles. The van der Waals surface area contributed by atoms with Gasteiger partial charge in [0.05, 0.1) is 16.8 Å². The SMILES string of the molecule is Cc1ccc2nc(-c3ccc(F)cc3)c(C(C)Cl)n2c1. The number of halogens is 2. The molecule has 2 aromatic heterocycles. The predicted octanol–water partition coefficient (Wildman–Crippen LogP) is 4.75. The van der Waals surface area contributed by atoms with Gasteiger partial charge in [-0.3, -0.25) is 0 Å². The van der Waals surface area contributed by atoms with Gasteiger partial charge < -0.3 is 4.40 Å². The molecule has 0 aliphatic rings. The minimum absolute atomic E-state index is 0.188. The Balaban J connectivity index is 2.29. The number of hydrogen-bond acceptors (Lipinski definition) is 1. The van der Waals surface area contributed by atoms with Gasteiger partial charge in [-0.2, -0.15) is 0 Å². The fraction of sp³-hybridized carbons (Fsp3) is 0.188. The summed E-state index contributed by atoms with van der Waals surface area (Å²) in [5, 5.41) is -0.188. The molecule has 0 aliphatic heterocycles. The minimum Gasteiger partial charge on any atom is -0.302 e. The van der Waals surface area contributed by atoms with E-state index in [1.54, 1.807) is 12.1 Å². The summed E-state index contributed by atoms with van der Waals surface area (Å²) in [6.45, 7) is 3.94. The molecule has 0 bridgehead atoms. The molecule has 3 rings (SSSR count). The molecule has 0 saturated heterocycles. The summed E-state index contributed by atoms with van der Waals surface area (Å²) in [5.41, 5.74) is 4.59. The Bertz CT molecular complexity index is 760. The van der Waals surface area contributed by atoms with Crippen molar-refractivity contribution in [1.82, 2.24) is 9.38 Å². The molecule has 0 fully saturated rings. The van der Waals surface area contributed by atoms with Gasteiger partial charge in [0.25, 0.3) is 0 Å². The van der Waals surface area contributed by atoms with E-state index in [4.69, 9.17) is 11.6 Å². The van der Waals surface area contributed by atoms with Crippen LogP contribution in [0.1, 0.15) is 23.6 Å². The van der Waals surface area contributed by atoms with Crippen LogP contribution in [-0.4, -0.2) is 9.38 Å². The van der Waals surface area contributed by atoms with Gasteiger partial charge in [-0.05, 0) is 49.7 Å². The lowest BCUT2D eigenvalue weighted by Gasteiger charge is -2.07. The maximum absolute atomic E-state index is 13.1. The second kappa shape index (κ2) is 4.91. The molecule has 0 N–H and O–H groups in total. The van der Waals surface area contributed by atoms with E-state index in [9.17, 15) is 4.39 Å². The summed E-state index contributed by atoms with van der Waals surface area (Å²) in [6, 6.07) is 10.3. The average Bonchev–Trinajstić information content (AvgIpc) is 2.78. The molecule has 4 heteroatoms. The van der Waals surface area contributed by atoms with Crippen molar-refractivity contribution in [3.05, 3.63) is 59.7 Å². The van der Waals surface area contributed by atoms with Crippen LogP contribution in [0.25, 0.3) is 16.9 Å². The van der Waals surface area contributed by atoms with Gasteiger partial charge in [0.1, 0.15) is 11.5 Å². The largest absolute Gasteiger partial charge is 0.302 e. The summed E-state index contributed by atoms with van der Waals surface area (Å²) >= 11 is 6.33. The predicted molar refractivity (Wildman–Crippen MR) is 79.6 cm³/mol. The summed E-state index contributed by atoms with van der Waals surface area (Å²) in [6.07, 6.45) is 2.02. The van der Waals surface area contributed by atoms with Gasteiger partial charge in [-0.15, -0.1) is 11.6 Å². The molecule has 20 heavy (non-hydrogen) atoms. The average molecular weight is 289 g/mol. The topological polar surface area (TPSA) is 17.3 Å². The van der Waals surface area contributed by atoms with E-state index in [1.807, 2.05) is 36.6 Å². The van der Waals surface area contributed by atoms with E-state index < -0.39 is 0 Å². The van der Waals surface area contributed by atoms with Crippen molar-refractivity contribution in [2.24, 2.45) is 0 Å². The number of pyridine rings is 1. The van der Waals surface area contributed by atoms with Crippen LogP contribution in [0.5, 0.6) is 0 Å². The highest BCUT2D eigenvalue weighted by molar-refractivity contribution is 6.20. The third-order valence-corrected chi connectivity index (χ3v) is 3.50. The smallest absolute Gasteiger partial charge is 0.137 e. The van der Waals surface area contributed by atoms with E-state index in [-0.39, 0.29) is 11.2 Å². The lowest BCUT2D eigenvalue weighted by atomic mass is 10.1. The first-order valence-corrected chi connectivity index (χ1v) is 6.88. The fourth-order valence-electron chi connectivity index (χ4n) is 2.37. The second-order valence-corrected chi connectivity index (χ2v) is 5.56. The van der Waals surface area contributed by atoms with Crippen molar-refractivity contribution < 1.29 is 4.39 Å². The molecule has 1 unspecified atom stereocenters. The van der Waals surface area contributed by atoms with Gasteiger partial charge in [-0.1, -0.05) is 6.07 Å². The van der Waals surface area contributed by atoms with Crippen molar-refractivity contribution in [3.8, 4) is 11.3 Å². The van der Waals surface area contributed by atoms with Crippen molar-refractivity contribution in [2.45, 2.75) is 19.2 Å². The minimum atomic E-state index is -0.256. The molecule has 2 nitrogen and oxygen atoms in total. The van der Waals surface area contributed by atoms with Crippen LogP contribution < -0.4 is 0 Å². The number of fused-ring (bicyclic) bond motifs is 1. The molecule has 1 aromatic carbocycles. The first-order valence-electron chi connectivity index (χ1n) is 6.45. The van der Waals surface area contributed by atoms with Crippen LogP contribution in [0.15, 0.2) is 42.6 Å². The van der Waals surface area contributed by atoms with Crippen LogP contribution in [0, 0.1) is 12.7 Å². The van der Waals surface area contributed by atoms with Crippen molar-refractivity contribution in [2.75, 3.05) is 0 Å². The summed E-state index contributed by atoms with van der Waals surface area (Å²) in [5.74, 6) is -0.256. The van der Waals surface area contributed by atoms with Gasteiger partial charge >= 0.3 is 0 Å². The molecule has 2 heterocycles. The van der Waals surface area contributed by atoms with Crippen LogP contribution in [0.3, 0.4) is 0 Å². The van der Waals surface area contributed by atoms with Gasteiger partial charge in [0.15, 0.2) is 0 Å². The van der Waals surface area contributed by atoms with Crippen LogP contribution in [0.2, 0.25) is 0 Å². The van der Waals surface area contributed by atoms with Gasteiger partial charge in [-0.25, -0.2) is 9.37 Å². The molecule has 102 valence electrons. The van der Waals surface area contributed by atoms with Crippen molar-refractivity contribution in [1.29, 1.82) is 0 Å². The summed E-state index contributed by atoms with van der Waals surface area (Å²) in [4.78, 5) is 4.63. The van der Waals surface area contributed by atoms with E-state index in [0.717, 1.165) is 28.2 Å². The third kappa shape index (κ3) is 2.18. The van der Waals surface area contributed by atoms with Crippen LogP contribution >= 0.6 is 11.6 Å². The molecule has 0 radical (unpaired) electrons. The Morgan fingerprint density at radius 3 is 2.50 bits per heavy atom. The lowest BCUT2D eigenvalue weighted by Crippen LogP contribution is -1.96. The maximum Gasteiger partial charge on any atom is 0.137 e. The number of rotatable bonds is 2.